The second-order valence-corrected chi connectivity index (χ2v) is 8.12. The molecule has 23 heavy (non-hydrogen) atoms. The van der Waals surface area contributed by atoms with Gasteiger partial charge in [-0.15, -0.1) is 21.5 Å². The number of nitrogens with one attached hydrogen (secondary N) is 1. The number of piperidine rings is 2. The van der Waals surface area contributed by atoms with Crippen LogP contribution in [0.3, 0.4) is 0 Å². The molecule has 0 saturated carbocycles. The number of fused-ring (bicyclic) bond motifs is 1. The quantitative estimate of drug-likeness (QED) is 0.867. The van der Waals surface area contributed by atoms with Crippen LogP contribution in [0.15, 0.2) is 0 Å². The summed E-state index contributed by atoms with van der Waals surface area (Å²) in [5.41, 5.74) is 0. The molecule has 2 aliphatic heterocycles. The van der Waals surface area contributed by atoms with E-state index in [-0.39, 0.29) is 5.91 Å². The fourth-order valence-corrected chi connectivity index (χ4v) is 4.77. The first-order valence-corrected chi connectivity index (χ1v) is 9.84. The normalized spacial score (nSPS) is 25.1. The monoisotopic (exact) mass is 336 g/mol. The van der Waals surface area contributed by atoms with E-state index < -0.39 is 0 Å². The molecular weight excluding hydrogens is 308 g/mol. The van der Waals surface area contributed by atoms with Crippen molar-refractivity contribution in [2.45, 2.75) is 64.3 Å². The number of carbonyl (C=O) groups excluding carboxylic acids is 1. The van der Waals surface area contributed by atoms with E-state index in [0.29, 0.717) is 13.0 Å². The first-order chi connectivity index (χ1) is 11.2. The van der Waals surface area contributed by atoms with Gasteiger partial charge in [-0.3, -0.25) is 4.79 Å². The van der Waals surface area contributed by atoms with E-state index in [4.69, 9.17) is 0 Å². The molecule has 5 nitrogen and oxygen atoms in total. The van der Waals surface area contributed by atoms with E-state index in [1.54, 1.807) is 11.3 Å². The van der Waals surface area contributed by atoms with Gasteiger partial charge in [-0.2, -0.15) is 0 Å². The van der Waals surface area contributed by atoms with Crippen LogP contribution < -0.4 is 5.32 Å². The minimum atomic E-state index is 0.194. The molecule has 1 N–H and O–H groups in total. The fraction of sp³-hybridized carbons (Fsp3) is 0.824. The van der Waals surface area contributed by atoms with Crippen LogP contribution >= 0.6 is 11.3 Å². The number of amides is 1. The molecule has 2 aliphatic rings. The third kappa shape index (κ3) is 4.73. The molecule has 0 aliphatic carbocycles. The molecule has 0 radical (unpaired) electrons. The maximum atomic E-state index is 12.1. The lowest BCUT2D eigenvalue weighted by molar-refractivity contribution is -0.121. The Balaban J connectivity index is 1.36. The lowest BCUT2D eigenvalue weighted by atomic mass is 9.81. The molecule has 3 heterocycles. The predicted octanol–water partition coefficient (Wildman–Crippen LogP) is 2.55. The topological polar surface area (TPSA) is 58.1 Å². The Hall–Kier alpha value is -1.01. The molecule has 128 valence electrons. The van der Waals surface area contributed by atoms with Crippen LogP contribution in [0.5, 0.6) is 0 Å². The maximum Gasteiger partial charge on any atom is 0.220 e. The van der Waals surface area contributed by atoms with Gasteiger partial charge in [-0.25, -0.2) is 0 Å². The molecular formula is C17H28N4OS. The van der Waals surface area contributed by atoms with Gasteiger partial charge in [-0.1, -0.05) is 6.42 Å². The summed E-state index contributed by atoms with van der Waals surface area (Å²) in [6.45, 7) is 5.18. The van der Waals surface area contributed by atoms with Gasteiger partial charge in [0.05, 0.1) is 0 Å². The summed E-state index contributed by atoms with van der Waals surface area (Å²) in [6, 6.07) is 0.745. The van der Waals surface area contributed by atoms with Crippen LogP contribution in [-0.2, 0) is 11.2 Å². The fourth-order valence-electron chi connectivity index (χ4n) is 4.07. The molecule has 3 rings (SSSR count). The highest BCUT2D eigenvalue weighted by Crippen LogP contribution is 2.33. The smallest absolute Gasteiger partial charge is 0.220 e. The maximum absolute atomic E-state index is 12.1. The van der Waals surface area contributed by atoms with Crippen molar-refractivity contribution in [2.75, 3.05) is 19.6 Å². The average Bonchev–Trinajstić information content (AvgIpc) is 2.98. The molecule has 1 amide bonds. The Bertz CT molecular complexity index is 516. The molecule has 1 aromatic rings. The number of aryl methyl sites for hydroxylation is 1. The highest BCUT2D eigenvalue weighted by molar-refractivity contribution is 7.11. The van der Waals surface area contributed by atoms with Crippen molar-refractivity contribution >= 4 is 17.2 Å². The van der Waals surface area contributed by atoms with Gasteiger partial charge in [0.2, 0.25) is 5.91 Å². The lowest BCUT2D eigenvalue weighted by Gasteiger charge is -2.44. The first-order valence-electron chi connectivity index (χ1n) is 9.02. The van der Waals surface area contributed by atoms with Crippen molar-refractivity contribution in [3.05, 3.63) is 10.0 Å². The van der Waals surface area contributed by atoms with Gasteiger partial charge in [0.1, 0.15) is 10.0 Å². The summed E-state index contributed by atoms with van der Waals surface area (Å²) in [4.78, 5) is 14.8. The Kier molecular flexibility index (Phi) is 6.00. The van der Waals surface area contributed by atoms with E-state index >= 15 is 0 Å². The molecule has 1 aromatic heterocycles. The summed E-state index contributed by atoms with van der Waals surface area (Å²) >= 11 is 1.61. The molecule has 2 atom stereocenters. The van der Waals surface area contributed by atoms with E-state index in [1.165, 1.54) is 45.2 Å². The van der Waals surface area contributed by atoms with Crippen LogP contribution in [0.25, 0.3) is 0 Å². The summed E-state index contributed by atoms with van der Waals surface area (Å²) in [5, 5.41) is 13.1. The Labute approximate surface area is 142 Å². The minimum Gasteiger partial charge on any atom is -0.356 e. The number of nitrogens with zero attached hydrogens (tertiary/aromatic N) is 3. The third-order valence-corrected chi connectivity index (χ3v) is 6.10. The zero-order valence-corrected chi connectivity index (χ0v) is 14.9. The molecule has 0 bridgehead atoms. The third-order valence-electron chi connectivity index (χ3n) is 5.20. The summed E-state index contributed by atoms with van der Waals surface area (Å²) < 4.78 is 0. The second-order valence-electron chi connectivity index (χ2n) is 6.85. The van der Waals surface area contributed by atoms with E-state index in [1.807, 2.05) is 6.92 Å². The van der Waals surface area contributed by atoms with E-state index in [2.05, 4.69) is 20.4 Å². The number of hydrogen-bond acceptors (Lipinski definition) is 5. The van der Waals surface area contributed by atoms with Crippen LogP contribution in [0.4, 0.5) is 0 Å². The number of rotatable bonds is 6. The number of carbonyl (C=O) groups is 1. The van der Waals surface area contributed by atoms with Crippen molar-refractivity contribution in [3.63, 3.8) is 0 Å². The van der Waals surface area contributed by atoms with Crippen molar-refractivity contribution in [3.8, 4) is 0 Å². The largest absolute Gasteiger partial charge is 0.356 e. The van der Waals surface area contributed by atoms with E-state index in [9.17, 15) is 4.79 Å². The Morgan fingerprint density at radius 2 is 2.13 bits per heavy atom. The number of aromatic nitrogens is 2. The van der Waals surface area contributed by atoms with Crippen molar-refractivity contribution in [1.82, 2.24) is 20.4 Å². The van der Waals surface area contributed by atoms with Crippen molar-refractivity contribution in [1.29, 1.82) is 0 Å². The average molecular weight is 337 g/mol. The van der Waals surface area contributed by atoms with Crippen LogP contribution in [0.2, 0.25) is 0 Å². The SMILES string of the molecule is Cc1nnc(CCNC(=O)CC[C@@H]2CCCN3CCCC[C@H]23)s1. The van der Waals surface area contributed by atoms with Crippen molar-refractivity contribution < 1.29 is 4.79 Å². The highest BCUT2D eigenvalue weighted by Gasteiger charge is 2.32. The minimum absolute atomic E-state index is 0.194. The van der Waals surface area contributed by atoms with Gasteiger partial charge >= 0.3 is 0 Å². The van der Waals surface area contributed by atoms with Gasteiger partial charge in [0.25, 0.3) is 0 Å². The van der Waals surface area contributed by atoms with Crippen LogP contribution in [-0.4, -0.2) is 46.7 Å². The van der Waals surface area contributed by atoms with Crippen molar-refractivity contribution in [2.24, 2.45) is 5.92 Å². The molecule has 0 spiro atoms. The Morgan fingerprint density at radius 3 is 2.96 bits per heavy atom. The number of hydrogen-bond donors (Lipinski definition) is 1. The summed E-state index contributed by atoms with van der Waals surface area (Å²) in [6.07, 6.45) is 9.17. The predicted molar refractivity (Wildman–Crippen MR) is 92.5 cm³/mol. The van der Waals surface area contributed by atoms with E-state index in [0.717, 1.165) is 34.8 Å². The second kappa shape index (κ2) is 8.20. The van der Waals surface area contributed by atoms with Crippen LogP contribution in [0.1, 0.15) is 55.0 Å². The van der Waals surface area contributed by atoms with Crippen LogP contribution in [0, 0.1) is 12.8 Å². The van der Waals surface area contributed by atoms with Gasteiger partial charge in [0.15, 0.2) is 0 Å². The van der Waals surface area contributed by atoms with Gasteiger partial charge in [0, 0.05) is 25.4 Å². The summed E-state index contributed by atoms with van der Waals surface area (Å²) in [5.74, 6) is 0.916. The lowest BCUT2D eigenvalue weighted by Crippen LogP contribution is -2.48. The summed E-state index contributed by atoms with van der Waals surface area (Å²) in [7, 11) is 0. The zero-order chi connectivity index (χ0) is 16.1. The zero-order valence-electron chi connectivity index (χ0n) is 14.1. The standard InChI is InChI=1S/C17H28N4OS/c1-13-19-20-17(23-13)9-10-18-16(22)8-7-14-5-4-12-21-11-3-2-6-15(14)21/h14-15H,2-12H2,1H3,(H,18,22)/t14-,15+/m0/s1. The van der Waals surface area contributed by atoms with Gasteiger partial charge in [-0.05, 0) is 58.0 Å². The molecule has 0 unspecified atom stereocenters. The first kappa shape index (κ1) is 16.8. The Morgan fingerprint density at radius 1 is 1.26 bits per heavy atom. The highest BCUT2D eigenvalue weighted by atomic mass is 32.1. The molecule has 0 aromatic carbocycles. The van der Waals surface area contributed by atoms with Gasteiger partial charge < -0.3 is 10.2 Å². The molecule has 6 heteroatoms. The molecule has 2 fully saturated rings. The molecule has 2 saturated heterocycles.